The highest BCUT2D eigenvalue weighted by Gasteiger charge is 2.22. The van der Waals surface area contributed by atoms with E-state index in [4.69, 9.17) is 19.0 Å². The molecule has 0 unspecified atom stereocenters. The predicted octanol–water partition coefficient (Wildman–Crippen LogP) is 3.37. The third-order valence-corrected chi connectivity index (χ3v) is 9.27. The van der Waals surface area contributed by atoms with Gasteiger partial charge >= 0.3 is 0 Å². The number of nitrogens with zero attached hydrogens (tertiary/aromatic N) is 4. The number of oxime groups is 1. The zero-order valence-corrected chi connectivity index (χ0v) is 25.7. The van der Waals surface area contributed by atoms with Crippen LogP contribution in [-0.2, 0) is 28.9 Å². The highest BCUT2D eigenvalue weighted by Crippen LogP contribution is 2.27. The third kappa shape index (κ3) is 8.91. The molecule has 0 radical (unpaired) electrons. The minimum absolute atomic E-state index is 0.0153. The van der Waals surface area contributed by atoms with Gasteiger partial charge in [-0.15, -0.1) is 0 Å². The van der Waals surface area contributed by atoms with Gasteiger partial charge < -0.3 is 23.9 Å². The number of thiazole rings is 1. The molecule has 12 nitrogen and oxygen atoms in total. The van der Waals surface area contributed by atoms with Gasteiger partial charge in [-0.05, 0) is 44.6 Å². The number of rotatable bonds is 16. The summed E-state index contributed by atoms with van der Waals surface area (Å²) in [6, 6.07) is 9.55. The lowest BCUT2D eigenvalue weighted by Crippen LogP contribution is -2.25. The van der Waals surface area contributed by atoms with Crippen LogP contribution in [-0.4, -0.2) is 100 Å². The normalized spacial score (nSPS) is 15.8. The molecule has 1 amide bonds. The van der Waals surface area contributed by atoms with E-state index in [1.807, 2.05) is 0 Å². The summed E-state index contributed by atoms with van der Waals surface area (Å²) in [5, 5.41) is 7.26. The topological polar surface area (TPSA) is 142 Å². The lowest BCUT2D eigenvalue weighted by atomic mass is 10.1. The Morgan fingerprint density at radius 2 is 1.98 bits per heavy atom. The number of sulfone groups is 1. The summed E-state index contributed by atoms with van der Waals surface area (Å²) >= 11 is 1.21. The number of benzene rings is 1. The second-order valence-corrected chi connectivity index (χ2v) is 12.9. The molecule has 1 atom stereocenters. The SMILES string of the molecule is CCN(C)CCCOc1ccc2nc(NC(=O)/C(=N/O[C@@H]3CCOC3)c3ccc(S(=O)(=O)CCCOC)cc3)sc2n1. The van der Waals surface area contributed by atoms with Gasteiger partial charge in [-0.25, -0.2) is 18.4 Å². The van der Waals surface area contributed by atoms with E-state index in [-0.39, 0.29) is 22.5 Å². The number of fused-ring (bicyclic) bond motifs is 1. The van der Waals surface area contributed by atoms with Crippen LogP contribution in [0, 0.1) is 0 Å². The first-order valence-electron chi connectivity index (χ1n) is 13.8. The summed E-state index contributed by atoms with van der Waals surface area (Å²) in [5.41, 5.74) is 0.999. The first-order chi connectivity index (χ1) is 20.3. The molecule has 0 spiro atoms. The average Bonchev–Trinajstić information content (AvgIpc) is 3.65. The summed E-state index contributed by atoms with van der Waals surface area (Å²) in [6.07, 6.45) is 1.64. The number of carbonyl (C=O) groups is 1. The van der Waals surface area contributed by atoms with Gasteiger partial charge in [-0.1, -0.05) is 35.5 Å². The maximum Gasteiger partial charge on any atom is 0.280 e. The molecule has 2 aromatic heterocycles. The molecule has 14 heteroatoms. The molecule has 228 valence electrons. The maximum atomic E-state index is 13.4. The summed E-state index contributed by atoms with van der Waals surface area (Å²) in [6.45, 7) is 5.85. The van der Waals surface area contributed by atoms with Gasteiger partial charge in [0.15, 0.2) is 26.8 Å². The van der Waals surface area contributed by atoms with Crippen LogP contribution >= 0.6 is 11.3 Å². The van der Waals surface area contributed by atoms with Crippen LogP contribution in [0.2, 0.25) is 0 Å². The largest absolute Gasteiger partial charge is 0.478 e. The van der Waals surface area contributed by atoms with Crippen molar-refractivity contribution in [2.75, 3.05) is 64.7 Å². The minimum atomic E-state index is -3.50. The Morgan fingerprint density at radius 1 is 1.17 bits per heavy atom. The second-order valence-electron chi connectivity index (χ2n) is 9.77. The van der Waals surface area contributed by atoms with Crippen LogP contribution in [0.3, 0.4) is 0 Å². The molecule has 1 aromatic carbocycles. The average molecular weight is 620 g/mol. The number of methoxy groups -OCH3 is 1. The van der Waals surface area contributed by atoms with Crippen molar-refractivity contribution in [3.8, 4) is 5.88 Å². The summed E-state index contributed by atoms with van der Waals surface area (Å²) in [7, 11) is 0.0943. The number of amides is 1. The van der Waals surface area contributed by atoms with Crippen LogP contribution in [0.4, 0.5) is 5.13 Å². The zero-order valence-electron chi connectivity index (χ0n) is 24.1. The quantitative estimate of drug-likeness (QED) is 0.144. The van der Waals surface area contributed by atoms with Crippen LogP contribution in [0.15, 0.2) is 46.4 Å². The molecule has 1 aliphatic rings. The molecule has 3 aromatic rings. The smallest absolute Gasteiger partial charge is 0.280 e. The molecule has 0 aliphatic carbocycles. The van der Waals surface area contributed by atoms with Crippen molar-refractivity contribution in [1.82, 2.24) is 14.9 Å². The Morgan fingerprint density at radius 3 is 2.69 bits per heavy atom. The van der Waals surface area contributed by atoms with Crippen LogP contribution in [0.5, 0.6) is 5.88 Å². The molecule has 1 aliphatic heterocycles. The van der Waals surface area contributed by atoms with Crippen molar-refractivity contribution >= 4 is 48.3 Å². The molecule has 1 fully saturated rings. The summed E-state index contributed by atoms with van der Waals surface area (Å²) in [4.78, 5) is 31.0. The van der Waals surface area contributed by atoms with E-state index in [1.165, 1.54) is 42.7 Å². The summed E-state index contributed by atoms with van der Waals surface area (Å²) in [5.74, 6) is -0.101. The van der Waals surface area contributed by atoms with Crippen molar-refractivity contribution in [2.24, 2.45) is 5.16 Å². The molecular formula is C28H37N5O7S2. The number of aromatic nitrogens is 2. The number of hydrogen-bond donors (Lipinski definition) is 1. The van der Waals surface area contributed by atoms with E-state index in [9.17, 15) is 13.2 Å². The van der Waals surface area contributed by atoms with Gasteiger partial charge in [0.2, 0.25) is 5.88 Å². The number of carbonyl (C=O) groups excluding carboxylic acids is 1. The van der Waals surface area contributed by atoms with E-state index in [2.05, 4.69) is 39.3 Å². The van der Waals surface area contributed by atoms with E-state index < -0.39 is 15.7 Å². The number of ether oxygens (including phenoxy) is 3. The fraction of sp³-hybridized carbons (Fsp3) is 0.500. The van der Waals surface area contributed by atoms with Gasteiger partial charge in [-0.3, -0.25) is 10.1 Å². The Balaban J connectivity index is 1.47. The zero-order chi connectivity index (χ0) is 30.0. The van der Waals surface area contributed by atoms with E-state index in [0.29, 0.717) is 66.2 Å². The molecule has 1 saturated heterocycles. The van der Waals surface area contributed by atoms with Crippen molar-refractivity contribution in [3.63, 3.8) is 0 Å². The number of anilines is 1. The minimum Gasteiger partial charge on any atom is -0.478 e. The molecule has 1 N–H and O–H groups in total. The van der Waals surface area contributed by atoms with Crippen LogP contribution < -0.4 is 10.1 Å². The molecule has 4 rings (SSSR count). The van der Waals surface area contributed by atoms with E-state index in [0.717, 1.165) is 19.5 Å². The first kappa shape index (κ1) is 31.8. The Labute approximate surface area is 249 Å². The Bertz CT molecular complexity index is 1460. The van der Waals surface area contributed by atoms with Crippen molar-refractivity contribution < 1.29 is 32.3 Å². The Kier molecular flexibility index (Phi) is 11.6. The van der Waals surface area contributed by atoms with Crippen molar-refractivity contribution in [3.05, 3.63) is 42.0 Å². The van der Waals surface area contributed by atoms with Gasteiger partial charge in [0.05, 0.1) is 30.5 Å². The lowest BCUT2D eigenvalue weighted by molar-refractivity contribution is -0.110. The van der Waals surface area contributed by atoms with Gasteiger partial charge in [0, 0.05) is 38.3 Å². The van der Waals surface area contributed by atoms with Crippen LogP contribution in [0.25, 0.3) is 10.3 Å². The third-order valence-electron chi connectivity index (χ3n) is 6.57. The number of nitrogens with one attached hydrogen (secondary N) is 1. The fourth-order valence-electron chi connectivity index (χ4n) is 4.04. The van der Waals surface area contributed by atoms with E-state index >= 15 is 0 Å². The van der Waals surface area contributed by atoms with Gasteiger partial charge in [-0.2, -0.15) is 0 Å². The first-order valence-corrected chi connectivity index (χ1v) is 16.3. The van der Waals surface area contributed by atoms with Gasteiger partial charge in [0.1, 0.15) is 10.3 Å². The standard InChI is InChI=1S/C28H37N5O7S2/c1-4-33(2)14-5-16-39-24-12-11-23-27(30-24)41-28(29-23)31-26(34)25(32-40-21-13-17-38-19-21)20-7-9-22(10-8-20)42(35,36)18-6-15-37-3/h7-12,21H,4-6,13-19H2,1-3H3,(H,29,31,34)/b32-25+/t21-/m1/s1. The summed E-state index contributed by atoms with van der Waals surface area (Å²) < 4.78 is 41.4. The van der Waals surface area contributed by atoms with Crippen molar-refractivity contribution in [2.45, 2.75) is 37.2 Å². The number of hydrogen-bond acceptors (Lipinski definition) is 12. The molecule has 3 heterocycles. The molecular weight excluding hydrogens is 582 g/mol. The van der Waals surface area contributed by atoms with Gasteiger partial charge in [0.25, 0.3) is 5.91 Å². The lowest BCUT2D eigenvalue weighted by Gasteiger charge is -2.13. The maximum absolute atomic E-state index is 13.4. The molecule has 0 bridgehead atoms. The van der Waals surface area contributed by atoms with Crippen molar-refractivity contribution in [1.29, 1.82) is 0 Å². The Hall–Kier alpha value is -3.17. The monoisotopic (exact) mass is 619 g/mol. The number of pyridine rings is 1. The van der Waals surface area contributed by atoms with E-state index in [1.54, 1.807) is 12.1 Å². The highest BCUT2D eigenvalue weighted by atomic mass is 32.2. The second kappa shape index (κ2) is 15.3. The molecule has 42 heavy (non-hydrogen) atoms. The van der Waals surface area contributed by atoms with Crippen LogP contribution in [0.1, 0.15) is 31.7 Å². The molecule has 0 saturated carbocycles. The highest BCUT2D eigenvalue weighted by molar-refractivity contribution is 7.91. The fourth-order valence-corrected chi connectivity index (χ4v) is 6.15. The predicted molar refractivity (Wildman–Crippen MR) is 161 cm³/mol.